The molecular formula is C19H21BrN2O5. The molecule has 0 aliphatic carbocycles. The van der Waals surface area contributed by atoms with Gasteiger partial charge in [-0.2, -0.15) is 5.10 Å². The molecule has 27 heavy (non-hydrogen) atoms. The number of amides is 1. The minimum Gasteiger partial charge on any atom is -0.497 e. The third kappa shape index (κ3) is 5.13. The molecule has 0 bridgehead atoms. The largest absolute Gasteiger partial charge is 0.497 e. The highest BCUT2D eigenvalue weighted by molar-refractivity contribution is 9.10. The van der Waals surface area contributed by atoms with E-state index in [0.29, 0.717) is 35.2 Å². The first kappa shape index (κ1) is 20.6. The smallest absolute Gasteiger partial charge is 0.275 e. The first-order valence-electron chi connectivity index (χ1n) is 8.09. The molecule has 2 aromatic carbocycles. The molecule has 0 aliphatic heterocycles. The molecule has 0 spiro atoms. The van der Waals surface area contributed by atoms with Crippen molar-refractivity contribution < 1.29 is 23.7 Å². The second-order valence-corrected chi connectivity index (χ2v) is 6.09. The zero-order valence-electron chi connectivity index (χ0n) is 15.5. The Balaban J connectivity index is 2.15. The highest BCUT2D eigenvalue weighted by Gasteiger charge is 2.13. The van der Waals surface area contributed by atoms with E-state index in [0.717, 1.165) is 10.0 Å². The first-order valence-corrected chi connectivity index (χ1v) is 8.89. The van der Waals surface area contributed by atoms with Crippen molar-refractivity contribution >= 4 is 28.1 Å². The normalized spacial score (nSPS) is 10.6. The number of hydrogen-bond acceptors (Lipinski definition) is 6. The van der Waals surface area contributed by atoms with Gasteiger partial charge in [0, 0.05) is 6.07 Å². The lowest BCUT2D eigenvalue weighted by molar-refractivity contribution is 0.0952. The zero-order chi connectivity index (χ0) is 19.8. The molecule has 0 fully saturated rings. The van der Waals surface area contributed by atoms with Crippen LogP contribution >= 0.6 is 15.9 Å². The van der Waals surface area contributed by atoms with E-state index < -0.39 is 5.91 Å². The number of ether oxygens (including phenoxy) is 4. The number of benzene rings is 2. The number of carbonyl (C=O) groups excluding carboxylic acids is 1. The fourth-order valence-electron chi connectivity index (χ4n) is 2.31. The Morgan fingerprint density at radius 3 is 2.48 bits per heavy atom. The van der Waals surface area contributed by atoms with Gasteiger partial charge in [-0.15, -0.1) is 0 Å². The number of halogens is 1. The fraction of sp³-hybridized carbons (Fsp3) is 0.263. The standard InChI is InChI=1S/C19H21BrN2O5/c1-5-27-18-15(20)8-12(9-17(18)26-4)11-21-22-19(23)14-7-6-13(24-2)10-16(14)25-3/h6-11H,5H2,1-4H3,(H,22,23)/b21-11-. The van der Waals surface area contributed by atoms with Crippen LogP contribution in [0.3, 0.4) is 0 Å². The van der Waals surface area contributed by atoms with Crippen LogP contribution in [0.4, 0.5) is 0 Å². The molecule has 1 amide bonds. The van der Waals surface area contributed by atoms with Crippen LogP contribution in [-0.2, 0) is 0 Å². The number of hydrazone groups is 1. The average Bonchev–Trinajstić information content (AvgIpc) is 2.69. The molecule has 0 saturated heterocycles. The molecule has 0 saturated carbocycles. The van der Waals surface area contributed by atoms with Gasteiger partial charge in [-0.25, -0.2) is 5.43 Å². The summed E-state index contributed by atoms with van der Waals surface area (Å²) in [5, 5.41) is 4.00. The minimum absolute atomic E-state index is 0.348. The molecule has 8 heteroatoms. The van der Waals surface area contributed by atoms with Crippen LogP contribution in [0.1, 0.15) is 22.8 Å². The lowest BCUT2D eigenvalue weighted by Gasteiger charge is -2.12. The van der Waals surface area contributed by atoms with Gasteiger partial charge < -0.3 is 18.9 Å². The molecule has 0 atom stereocenters. The van der Waals surface area contributed by atoms with Crippen LogP contribution in [0.2, 0.25) is 0 Å². The predicted octanol–water partition coefficient (Wildman–Crippen LogP) is 3.64. The summed E-state index contributed by atoms with van der Waals surface area (Å²) in [5.74, 6) is 1.77. The van der Waals surface area contributed by atoms with E-state index >= 15 is 0 Å². The second-order valence-electron chi connectivity index (χ2n) is 5.23. The molecule has 0 aromatic heterocycles. The molecule has 0 unspecified atom stereocenters. The van der Waals surface area contributed by atoms with Crippen molar-refractivity contribution in [1.29, 1.82) is 0 Å². The van der Waals surface area contributed by atoms with E-state index in [2.05, 4.69) is 26.5 Å². The number of nitrogens with zero attached hydrogens (tertiary/aromatic N) is 1. The van der Waals surface area contributed by atoms with Gasteiger partial charge in [0.05, 0.1) is 44.2 Å². The van der Waals surface area contributed by atoms with Crippen LogP contribution in [0, 0.1) is 0 Å². The molecule has 2 rings (SSSR count). The zero-order valence-corrected chi connectivity index (χ0v) is 17.1. The Bertz CT molecular complexity index is 839. The Morgan fingerprint density at radius 2 is 1.85 bits per heavy atom. The number of hydrogen-bond donors (Lipinski definition) is 1. The maximum atomic E-state index is 12.3. The topological polar surface area (TPSA) is 78.4 Å². The monoisotopic (exact) mass is 436 g/mol. The summed E-state index contributed by atoms with van der Waals surface area (Å²) in [4.78, 5) is 12.3. The Labute approximate surface area is 166 Å². The van der Waals surface area contributed by atoms with Crippen LogP contribution in [0.15, 0.2) is 39.9 Å². The first-order chi connectivity index (χ1) is 13.0. The summed E-state index contributed by atoms with van der Waals surface area (Å²) in [6.07, 6.45) is 1.51. The maximum absolute atomic E-state index is 12.3. The highest BCUT2D eigenvalue weighted by atomic mass is 79.9. The van der Waals surface area contributed by atoms with E-state index in [1.54, 1.807) is 38.5 Å². The van der Waals surface area contributed by atoms with Gasteiger partial charge in [0.2, 0.25) is 0 Å². The number of carbonyl (C=O) groups is 1. The van der Waals surface area contributed by atoms with Crippen molar-refractivity contribution in [3.8, 4) is 23.0 Å². The molecule has 0 heterocycles. The van der Waals surface area contributed by atoms with Crippen LogP contribution < -0.4 is 24.4 Å². The van der Waals surface area contributed by atoms with Gasteiger partial charge in [-0.05, 0) is 52.7 Å². The van der Waals surface area contributed by atoms with Crippen molar-refractivity contribution in [3.05, 3.63) is 45.9 Å². The third-order valence-electron chi connectivity index (χ3n) is 3.57. The molecule has 0 radical (unpaired) electrons. The average molecular weight is 437 g/mol. The lowest BCUT2D eigenvalue weighted by atomic mass is 10.2. The fourth-order valence-corrected chi connectivity index (χ4v) is 2.88. The lowest BCUT2D eigenvalue weighted by Crippen LogP contribution is -2.18. The van der Waals surface area contributed by atoms with Crippen molar-refractivity contribution in [1.82, 2.24) is 5.43 Å². The van der Waals surface area contributed by atoms with E-state index in [1.165, 1.54) is 13.3 Å². The van der Waals surface area contributed by atoms with Crippen molar-refractivity contribution in [3.63, 3.8) is 0 Å². The Morgan fingerprint density at radius 1 is 1.11 bits per heavy atom. The van der Waals surface area contributed by atoms with Gasteiger partial charge in [0.1, 0.15) is 11.5 Å². The van der Waals surface area contributed by atoms with Crippen molar-refractivity contribution in [2.75, 3.05) is 27.9 Å². The van der Waals surface area contributed by atoms with E-state index in [1.807, 2.05) is 13.0 Å². The molecular weight excluding hydrogens is 416 g/mol. The molecule has 7 nitrogen and oxygen atoms in total. The summed E-state index contributed by atoms with van der Waals surface area (Å²) in [7, 11) is 4.59. The van der Waals surface area contributed by atoms with Crippen LogP contribution in [-0.4, -0.2) is 40.1 Å². The van der Waals surface area contributed by atoms with E-state index in [9.17, 15) is 4.79 Å². The highest BCUT2D eigenvalue weighted by Crippen LogP contribution is 2.36. The van der Waals surface area contributed by atoms with Crippen molar-refractivity contribution in [2.45, 2.75) is 6.92 Å². The number of methoxy groups -OCH3 is 3. The Hall–Kier alpha value is -2.74. The summed E-state index contributed by atoms with van der Waals surface area (Å²) < 4.78 is 22.0. The van der Waals surface area contributed by atoms with Gasteiger partial charge >= 0.3 is 0 Å². The summed E-state index contributed by atoms with van der Waals surface area (Å²) in [6, 6.07) is 8.50. The summed E-state index contributed by atoms with van der Waals surface area (Å²) >= 11 is 3.45. The van der Waals surface area contributed by atoms with Gasteiger partial charge in [-0.1, -0.05) is 0 Å². The van der Waals surface area contributed by atoms with Crippen LogP contribution in [0.25, 0.3) is 0 Å². The third-order valence-corrected chi connectivity index (χ3v) is 4.16. The molecule has 1 N–H and O–H groups in total. The molecule has 2 aromatic rings. The quantitative estimate of drug-likeness (QED) is 0.504. The van der Waals surface area contributed by atoms with E-state index in [4.69, 9.17) is 18.9 Å². The second kappa shape index (κ2) is 9.82. The number of nitrogens with one attached hydrogen (secondary N) is 1. The van der Waals surface area contributed by atoms with Gasteiger partial charge in [0.15, 0.2) is 11.5 Å². The summed E-state index contributed by atoms with van der Waals surface area (Å²) in [6.45, 7) is 2.41. The molecule has 144 valence electrons. The number of rotatable bonds is 8. The maximum Gasteiger partial charge on any atom is 0.275 e. The SMILES string of the molecule is CCOc1c(Br)cc(/C=N\NC(=O)c2ccc(OC)cc2OC)cc1OC. The summed E-state index contributed by atoms with van der Waals surface area (Å²) in [5.41, 5.74) is 3.55. The van der Waals surface area contributed by atoms with Gasteiger partial charge in [-0.3, -0.25) is 4.79 Å². The van der Waals surface area contributed by atoms with Gasteiger partial charge in [0.25, 0.3) is 5.91 Å². The van der Waals surface area contributed by atoms with E-state index in [-0.39, 0.29) is 0 Å². The Kier molecular flexibility index (Phi) is 7.48. The predicted molar refractivity (Wildman–Crippen MR) is 106 cm³/mol. The minimum atomic E-state index is -0.400. The van der Waals surface area contributed by atoms with Crippen molar-refractivity contribution in [2.24, 2.45) is 5.10 Å². The molecule has 0 aliphatic rings. The van der Waals surface area contributed by atoms with Crippen LogP contribution in [0.5, 0.6) is 23.0 Å².